The number of amides is 1. The lowest BCUT2D eigenvalue weighted by Crippen LogP contribution is -2.43. The van der Waals surface area contributed by atoms with Gasteiger partial charge in [0.2, 0.25) is 15.9 Å². The summed E-state index contributed by atoms with van der Waals surface area (Å²) >= 11 is 0. The number of carbonyl (C=O) groups is 1. The molecule has 170 valence electrons. The summed E-state index contributed by atoms with van der Waals surface area (Å²) in [6.07, 6.45) is 9.06. The highest BCUT2D eigenvalue weighted by Gasteiger charge is 2.32. The summed E-state index contributed by atoms with van der Waals surface area (Å²) < 4.78 is 38.6. The van der Waals surface area contributed by atoms with Gasteiger partial charge < -0.3 is 14.4 Å². The van der Waals surface area contributed by atoms with Gasteiger partial charge in [0.25, 0.3) is 0 Å². The molecular weight excluding hydrogens is 416 g/mol. The molecule has 1 unspecified atom stereocenters. The average Bonchev–Trinajstić information content (AvgIpc) is 3.19. The Balaban J connectivity index is 1.36. The van der Waals surface area contributed by atoms with E-state index in [4.69, 9.17) is 9.47 Å². The number of piperidine rings is 1. The molecule has 3 heterocycles. The van der Waals surface area contributed by atoms with Crippen LogP contribution in [0.15, 0.2) is 35.2 Å². The van der Waals surface area contributed by atoms with E-state index in [-0.39, 0.29) is 18.1 Å². The quantitative estimate of drug-likeness (QED) is 0.648. The molecule has 31 heavy (non-hydrogen) atoms. The van der Waals surface area contributed by atoms with E-state index in [1.807, 2.05) is 4.90 Å². The second-order valence-corrected chi connectivity index (χ2v) is 10.5. The lowest BCUT2D eigenvalue weighted by Gasteiger charge is -2.34. The number of nitrogens with zero attached hydrogens (tertiary/aromatic N) is 2. The first-order valence-corrected chi connectivity index (χ1v) is 12.8. The van der Waals surface area contributed by atoms with Crippen molar-refractivity contribution in [2.24, 2.45) is 5.92 Å². The average molecular weight is 449 g/mol. The lowest BCUT2D eigenvalue weighted by atomic mass is 9.97. The summed E-state index contributed by atoms with van der Waals surface area (Å²) in [5, 5.41) is 0. The van der Waals surface area contributed by atoms with Crippen LogP contribution in [0.2, 0.25) is 0 Å². The van der Waals surface area contributed by atoms with Gasteiger partial charge in [0.1, 0.15) is 0 Å². The van der Waals surface area contributed by atoms with Crippen molar-refractivity contribution in [3.8, 4) is 0 Å². The van der Waals surface area contributed by atoms with Gasteiger partial charge in [0, 0.05) is 38.2 Å². The Labute approximate surface area is 185 Å². The molecule has 1 atom stereocenters. The highest BCUT2D eigenvalue weighted by Crippen LogP contribution is 2.25. The molecule has 1 aromatic carbocycles. The van der Waals surface area contributed by atoms with Crippen molar-refractivity contribution in [3.05, 3.63) is 35.9 Å². The van der Waals surface area contributed by atoms with Gasteiger partial charge in [0.15, 0.2) is 6.29 Å². The van der Waals surface area contributed by atoms with Gasteiger partial charge in [-0.2, -0.15) is 4.31 Å². The molecule has 0 bridgehead atoms. The van der Waals surface area contributed by atoms with Crippen LogP contribution < -0.4 is 0 Å². The first-order chi connectivity index (χ1) is 15.0. The number of carbonyl (C=O) groups excluding carboxylic acids is 1. The largest absolute Gasteiger partial charge is 0.350 e. The molecule has 0 N–H and O–H groups in total. The Kier molecular flexibility index (Phi) is 7.43. The molecule has 0 saturated carbocycles. The van der Waals surface area contributed by atoms with Gasteiger partial charge in [-0.3, -0.25) is 4.79 Å². The molecule has 0 aliphatic carbocycles. The van der Waals surface area contributed by atoms with Crippen molar-refractivity contribution in [1.29, 1.82) is 0 Å². The number of hydrogen-bond acceptors (Lipinski definition) is 5. The van der Waals surface area contributed by atoms with E-state index in [0.29, 0.717) is 37.7 Å². The van der Waals surface area contributed by atoms with Crippen LogP contribution >= 0.6 is 0 Å². The van der Waals surface area contributed by atoms with E-state index in [9.17, 15) is 13.2 Å². The zero-order valence-corrected chi connectivity index (χ0v) is 18.8. The van der Waals surface area contributed by atoms with Crippen LogP contribution in [0.4, 0.5) is 0 Å². The SMILES string of the molecule is O=C(/C=C/c1ccc(S(=O)(=O)N2CCCCCC2)cc1)N1CCCC(C2OCCO2)C1. The Morgan fingerprint density at radius 2 is 1.61 bits per heavy atom. The summed E-state index contributed by atoms with van der Waals surface area (Å²) in [7, 11) is -3.45. The predicted octanol–water partition coefficient (Wildman–Crippen LogP) is 2.88. The minimum atomic E-state index is -3.45. The fraction of sp³-hybridized carbons (Fsp3) is 0.609. The zero-order valence-electron chi connectivity index (χ0n) is 17.9. The maximum atomic E-state index is 12.9. The molecule has 3 aliphatic rings. The highest BCUT2D eigenvalue weighted by atomic mass is 32.2. The molecule has 3 saturated heterocycles. The van der Waals surface area contributed by atoms with Crippen LogP contribution in [0.5, 0.6) is 0 Å². The Morgan fingerprint density at radius 3 is 2.29 bits per heavy atom. The first kappa shape index (κ1) is 22.5. The van der Waals surface area contributed by atoms with Gasteiger partial charge >= 0.3 is 0 Å². The fourth-order valence-corrected chi connectivity index (χ4v) is 6.05. The molecule has 0 radical (unpaired) electrons. The standard InChI is InChI=1S/C23H32N2O5S/c26-22(24-13-5-6-20(18-24)23-29-16-17-30-23)12-9-19-7-10-21(11-8-19)31(27,28)25-14-3-1-2-4-15-25/h7-12,20,23H,1-6,13-18H2/b12-9+. The third-order valence-corrected chi connectivity index (χ3v) is 8.22. The topological polar surface area (TPSA) is 76.2 Å². The van der Waals surface area contributed by atoms with E-state index in [0.717, 1.165) is 50.6 Å². The number of benzene rings is 1. The van der Waals surface area contributed by atoms with Crippen LogP contribution in [0, 0.1) is 5.92 Å². The number of ether oxygens (including phenoxy) is 2. The smallest absolute Gasteiger partial charge is 0.246 e. The number of likely N-dealkylation sites (tertiary alicyclic amines) is 1. The van der Waals surface area contributed by atoms with Crippen molar-refractivity contribution in [3.63, 3.8) is 0 Å². The van der Waals surface area contributed by atoms with Gasteiger partial charge in [-0.15, -0.1) is 0 Å². The van der Waals surface area contributed by atoms with Crippen molar-refractivity contribution < 1.29 is 22.7 Å². The Hall–Kier alpha value is -1.74. The van der Waals surface area contributed by atoms with E-state index in [1.54, 1.807) is 40.7 Å². The summed E-state index contributed by atoms with van der Waals surface area (Å²) in [5.41, 5.74) is 0.805. The summed E-state index contributed by atoms with van der Waals surface area (Å²) in [6, 6.07) is 6.79. The molecule has 7 nitrogen and oxygen atoms in total. The highest BCUT2D eigenvalue weighted by molar-refractivity contribution is 7.89. The molecule has 1 amide bonds. The zero-order chi connectivity index (χ0) is 21.7. The van der Waals surface area contributed by atoms with Gasteiger partial charge in [-0.1, -0.05) is 25.0 Å². The minimum absolute atomic E-state index is 0.0380. The van der Waals surface area contributed by atoms with Crippen molar-refractivity contribution >= 4 is 22.0 Å². The first-order valence-electron chi connectivity index (χ1n) is 11.3. The van der Waals surface area contributed by atoms with Crippen molar-refractivity contribution in [2.45, 2.75) is 49.7 Å². The van der Waals surface area contributed by atoms with Crippen molar-refractivity contribution in [2.75, 3.05) is 39.4 Å². The number of sulfonamides is 1. The van der Waals surface area contributed by atoms with Gasteiger partial charge in [-0.25, -0.2) is 8.42 Å². The third kappa shape index (κ3) is 5.55. The monoisotopic (exact) mass is 448 g/mol. The van der Waals surface area contributed by atoms with Crippen molar-refractivity contribution in [1.82, 2.24) is 9.21 Å². The van der Waals surface area contributed by atoms with Crippen LogP contribution in [0.3, 0.4) is 0 Å². The second-order valence-electron chi connectivity index (χ2n) is 8.52. The van der Waals surface area contributed by atoms with Crippen LogP contribution in [0.1, 0.15) is 44.1 Å². The molecule has 1 aromatic rings. The van der Waals surface area contributed by atoms with E-state index < -0.39 is 10.0 Å². The lowest BCUT2D eigenvalue weighted by molar-refractivity contribution is -0.134. The molecule has 4 rings (SSSR count). The third-order valence-electron chi connectivity index (χ3n) is 6.30. The minimum Gasteiger partial charge on any atom is -0.350 e. The maximum absolute atomic E-state index is 12.9. The summed E-state index contributed by atoms with van der Waals surface area (Å²) in [5.74, 6) is 0.182. The van der Waals surface area contributed by atoms with Crippen LogP contribution in [-0.4, -0.2) is 69.2 Å². The summed E-state index contributed by atoms with van der Waals surface area (Å²) in [4.78, 5) is 14.8. The molecule has 0 aromatic heterocycles. The number of rotatable bonds is 5. The van der Waals surface area contributed by atoms with Gasteiger partial charge in [-0.05, 0) is 49.5 Å². The van der Waals surface area contributed by atoms with Crippen LogP contribution in [0.25, 0.3) is 6.08 Å². The van der Waals surface area contributed by atoms with Crippen LogP contribution in [-0.2, 0) is 24.3 Å². The van der Waals surface area contributed by atoms with Gasteiger partial charge in [0.05, 0.1) is 18.1 Å². The van der Waals surface area contributed by atoms with E-state index in [1.165, 1.54) is 0 Å². The number of hydrogen-bond donors (Lipinski definition) is 0. The van der Waals surface area contributed by atoms with E-state index in [2.05, 4.69) is 0 Å². The second kappa shape index (κ2) is 10.3. The molecule has 3 aliphatic heterocycles. The normalized spacial score (nSPS) is 24.5. The Morgan fingerprint density at radius 1 is 0.935 bits per heavy atom. The maximum Gasteiger partial charge on any atom is 0.246 e. The summed E-state index contributed by atoms with van der Waals surface area (Å²) in [6.45, 7) is 3.80. The molecule has 0 spiro atoms. The molecule has 3 fully saturated rings. The molecule has 8 heteroatoms. The fourth-order valence-electron chi connectivity index (χ4n) is 4.54. The Bertz CT molecular complexity index is 870. The molecular formula is C23H32N2O5S. The van der Waals surface area contributed by atoms with E-state index >= 15 is 0 Å². The predicted molar refractivity (Wildman–Crippen MR) is 118 cm³/mol.